The van der Waals surface area contributed by atoms with Crippen molar-refractivity contribution in [2.45, 2.75) is 56.6 Å². The minimum absolute atomic E-state index is 0.0480. The van der Waals surface area contributed by atoms with Crippen LogP contribution in [-0.4, -0.2) is 87.1 Å². The van der Waals surface area contributed by atoms with Crippen LogP contribution in [0.2, 0.25) is 0 Å². The number of aromatic nitrogens is 6. The summed E-state index contributed by atoms with van der Waals surface area (Å²) in [5.41, 5.74) is 6.06. The minimum atomic E-state index is -1.19. The number of nitrogens with two attached hydrogens (primary N) is 1. The number of nitrogen functional groups attached to an aromatic ring is 1. The molecule has 35 heavy (non-hydrogen) atoms. The Morgan fingerprint density at radius 1 is 1.09 bits per heavy atom. The Morgan fingerprint density at radius 3 is 2.51 bits per heavy atom. The maximum absolute atomic E-state index is 11.5. The lowest BCUT2D eigenvalue weighted by atomic mass is 10.1. The van der Waals surface area contributed by atoms with Gasteiger partial charge in [0.05, 0.1) is 25.6 Å². The van der Waals surface area contributed by atoms with Crippen molar-refractivity contribution in [3.8, 4) is 0 Å². The molecule has 0 radical (unpaired) electrons. The lowest BCUT2D eigenvalue weighted by Crippen LogP contribution is -2.33. The summed E-state index contributed by atoms with van der Waals surface area (Å²) in [4.78, 5) is 36.8. The molecule has 15 nitrogen and oxygen atoms in total. The first-order valence-electron chi connectivity index (χ1n) is 10.9. The van der Waals surface area contributed by atoms with Gasteiger partial charge in [0.15, 0.2) is 17.7 Å². The molecule has 2 aliphatic rings. The Balaban J connectivity index is 0.000000168. The van der Waals surface area contributed by atoms with Gasteiger partial charge in [-0.15, -0.1) is 0 Å². The number of nitrogens with zero attached hydrogens (tertiary/aromatic N) is 5. The summed E-state index contributed by atoms with van der Waals surface area (Å²) < 4.78 is 13.7. The summed E-state index contributed by atoms with van der Waals surface area (Å²) in [5, 5.41) is 37.7. The zero-order valence-corrected chi connectivity index (χ0v) is 18.8. The summed E-state index contributed by atoms with van der Waals surface area (Å²) in [5.74, 6) is 0.218. The molecule has 5 rings (SSSR count). The number of hydrogen-bond donors (Lipinski definition) is 6. The summed E-state index contributed by atoms with van der Waals surface area (Å²) in [6.07, 6.45) is 0.839. The van der Waals surface area contributed by atoms with Gasteiger partial charge in [0.1, 0.15) is 36.4 Å². The lowest BCUT2D eigenvalue weighted by Gasteiger charge is -2.16. The summed E-state index contributed by atoms with van der Waals surface area (Å²) in [6.45, 7) is 1.19. The number of rotatable bonds is 4. The number of aliphatic hydroxyl groups is 4. The molecule has 0 spiro atoms. The minimum Gasteiger partial charge on any atom is -0.394 e. The first-order chi connectivity index (χ1) is 16.7. The van der Waals surface area contributed by atoms with Crippen molar-refractivity contribution >= 4 is 17.0 Å². The molecule has 15 heteroatoms. The van der Waals surface area contributed by atoms with E-state index in [1.807, 2.05) is 0 Å². The predicted molar refractivity (Wildman–Crippen MR) is 119 cm³/mol. The smallest absolute Gasteiger partial charge is 0.330 e. The van der Waals surface area contributed by atoms with E-state index in [1.54, 1.807) is 6.92 Å². The second-order valence-corrected chi connectivity index (χ2v) is 8.26. The van der Waals surface area contributed by atoms with E-state index in [2.05, 4.69) is 19.9 Å². The van der Waals surface area contributed by atoms with Gasteiger partial charge in [-0.25, -0.2) is 19.7 Å². The fourth-order valence-corrected chi connectivity index (χ4v) is 3.99. The zero-order chi connectivity index (χ0) is 25.3. The molecule has 0 amide bonds. The van der Waals surface area contributed by atoms with Crippen LogP contribution in [0.5, 0.6) is 0 Å². The number of imidazole rings is 1. The molecule has 2 fully saturated rings. The molecular formula is C20H27N7O8. The van der Waals surface area contributed by atoms with E-state index in [4.69, 9.17) is 25.4 Å². The molecule has 0 unspecified atom stereocenters. The third-order valence-corrected chi connectivity index (χ3v) is 5.92. The predicted octanol–water partition coefficient (Wildman–Crippen LogP) is -2.47. The quantitative estimate of drug-likeness (QED) is 0.222. The lowest BCUT2D eigenvalue weighted by molar-refractivity contribution is -0.0511. The first-order valence-corrected chi connectivity index (χ1v) is 10.9. The number of aryl methyl sites for hydroxylation is 1. The number of anilines is 1. The van der Waals surface area contributed by atoms with Crippen molar-refractivity contribution in [1.29, 1.82) is 0 Å². The summed E-state index contributed by atoms with van der Waals surface area (Å²) in [7, 11) is 0. The molecule has 5 heterocycles. The van der Waals surface area contributed by atoms with E-state index < -0.39 is 36.8 Å². The van der Waals surface area contributed by atoms with Gasteiger partial charge >= 0.3 is 5.69 Å². The number of fused-ring (bicyclic) bond motifs is 1. The van der Waals surface area contributed by atoms with Crippen LogP contribution in [0.3, 0.4) is 0 Å². The first kappa shape index (κ1) is 24.9. The topological polar surface area (TPSA) is 224 Å². The molecule has 7 N–H and O–H groups in total. The molecule has 190 valence electrons. The fraction of sp³-hybridized carbons (Fsp3) is 0.550. The van der Waals surface area contributed by atoms with E-state index in [-0.39, 0.29) is 30.3 Å². The van der Waals surface area contributed by atoms with Gasteiger partial charge in [0, 0.05) is 11.8 Å². The van der Waals surface area contributed by atoms with Crippen LogP contribution < -0.4 is 17.0 Å². The molecule has 0 aromatic carbocycles. The van der Waals surface area contributed by atoms with Crippen LogP contribution in [0, 0.1) is 6.92 Å². The normalized spacial score (nSPS) is 28.3. The zero-order valence-electron chi connectivity index (χ0n) is 18.8. The van der Waals surface area contributed by atoms with Gasteiger partial charge in [0.25, 0.3) is 5.56 Å². The van der Waals surface area contributed by atoms with Crippen LogP contribution in [0.25, 0.3) is 11.2 Å². The molecule has 2 aliphatic heterocycles. The molecule has 0 bridgehead atoms. The van der Waals surface area contributed by atoms with Crippen LogP contribution in [-0.2, 0) is 9.47 Å². The highest BCUT2D eigenvalue weighted by Crippen LogP contribution is 2.31. The molecule has 3 aromatic rings. The molecule has 0 aliphatic carbocycles. The number of nitrogens with one attached hydrogen (secondary N) is 1. The molecule has 6 atom stereocenters. The third-order valence-electron chi connectivity index (χ3n) is 5.92. The molecular weight excluding hydrogens is 466 g/mol. The third kappa shape index (κ3) is 4.82. The number of aromatic amines is 1. The average molecular weight is 493 g/mol. The fourth-order valence-electron chi connectivity index (χ4n) is 3.99. The van der Waals surface area contributed by atoms with Gasteiger partial charge in [0.2, 0.25) is 0 Å². The van der Waals surface area contributed by atoms with Gasteiger partial charge in [-0.1, -0.05) is 0 Å². The second kappa shape index (κ2) is 10.2. The van der Waals surface area contributed by atoms with Crippen LogP contribution >= 0.6 is 0 Å². The summed E-state index contributed by atoms with van der Waals surface area (Å²) >= 11 is 0. The van der Waals surface area contributed by atoms with Gasteiger partial charge in [-0.2, -0.15) is 0 Å². The molecule has 0 saturated carbocycles. The monoisotopic (exact) mass is 493 g/mol. The van der Waals surface area contributed by atoms with Crippen molar-refractivity contribution in [1.82, 2.24) is 29.1 Å². The maximum Gasteiger partial charge on any atom is 0.330 e. The van der Waals surface area contributed by atoms with Crippen LogP contribution in [0.4, 0.5) is 5.82 Å². The largest absolute Gasteiger partial charge is 0.394 e. The van der Waals surface area contributed by atoms with Crippen molar-refractivity contribution in [3.05, 3.63) is 45.3 Å². The summed E-state index contributed by atoms with van der Waals surface area (Å²) in [6, 6.07) is 0. The van der Waals surface area contributed by atoms with E-state index in [1.165, 1.54) is 28.0 Å². The van der Waals surface area contributed by atoms with Crippen molar-refractivity contribution in [3.63, 3.8) is 0 Å². The molecule has 2 saturated heterocycles. The highest BCUT2D eigenvalue weighted by molar-refractivity contribution is 5.81. The maximum atomic E-state index is 11.5. The number of hydrogen-bond acceptors (Lipinski definition) is 12. The average Bonchev–Trinajstić information content (AvgIpc) is 3.56. The number of H-pyrrole nitrogens is 1. The molecule has 3 aromatic heterocycles. The Bertz CT molecular complexity index is 1290. The van der Waals surface area contributed by atoms with Crippen molar-refractivity contribution in [2.24, 2.45) is 0 Å². The van der Waals surface area contributed by atoms with Crippen molar-refractivity contribution in [2.75, 3.05) is 18.9 Å². The van der Waals surface area contributed by atoms with Gasteiger partial charge in [-0.05, 0) is 19.8 Å². The van der Waals surface area contributed by atoms with Crippen molar-refractivity contribution < 1.29 is 29.9 Å². The number of ether oxygens (including phenoxy) is 2. The van der Waals surface area contributed by atoms with E-state index in [9.17, 15) is 19.8 Å². The SMILES string of the molecule is Cc1cn([C@H]2CC[C@@H](CO)O2)c(=O)[nH]c1=O.Nc1ncnc2c1ncn2[C@@H]1O[C@H](CO)[C@@H](O)[C@H]1O. The standard InChI is InChI=1S/C10H13N5O4.C10H14N2O4/c11-8-5-9(13-2-12-8)15(3-14-5)10-7(18)6(17)4(1-16)19-10;1-6-4-12(10(15)11-9(6)14)8-3-2-7(5-13)16-8/h2-4,6-7,10,16-18H,1H2,(H2,11,12,13);4,7-8,13H,2-3,5H2,1H3,(H,11,14,15)/t4-,6-,7-,10-;7-,8+/m10/s1. The van der Waals surface area contributed by atoms with E-state index in [0.717, 1.165) is 0 Å². The van der Waals surface area contributed by atoms with E-state index >= 15 is 0 Å². The van der Waals surface area contributed by atoms with E-state index in [0.29, 0.717) is 29.6 Å². The van der Waals surface area contributed by atoms with Crippen LogP contribution in [0.1, 0.15) is 30.9 Å². The van der Waals surface area contributed by atoms with Gasteiger partial charge < -0.3 is 35.6 Å². The Morgan fingerprint density at radius 2 is 1.86 bits per heavy atom. The Kier molecular flexibility index (Phi) is 7.25. The second-order valence-electron chi connectivity index (χ2n) is 8.26. The highest BCUT2D eigenvalue weighted by atomic mass is 16.6. The highest BCUT2D eigenvalue weighted by Gasteiger charge is 2.44. The Labute approximate surface area is 197 Å². The Hall–Kier alpha value is -3.21. The van der Waals surface area contributed by atoms with Crippen LogP contribution in [0.15, 0.2) is 28.4 Å². The van der Waals surface area contributed by atoms with Gasteiger partial charge in [-0.3, -0.25) is 18.9 Å². The number of aliphatic hydroxyl groups excluding tert-OH is 4.